The molecule has 12 rings (SSSR count). The van der Waals surface area contributed by atoms with Gasteiger partial charge in [0.2, 0.25) is 0 Å². The van der Waals surface area contributed by atoms with Crippen molar-refractivity contribution in [2.45, 2.75) is 110 Å². The summed E-state index contributed by atoms with van der Waals surface area (Å²) in [6.45, 7) is 0.510. The van der Waals surface area contributed by atoms with E-state index in [9.17, 15) is 113 Å². The molecule has 682 valence electrons. The van der Waals surface area contributed by atoms with Crippen molar-refractivity contribution in [3.63, 3.8) is 0 Å². The predicted molar refractivity (Wildman–Crippen MR) is 478 cm³/mol. The van der Waals surface area contributed by atoms with E-state index in [1.807, 2.05) is 90.4 Å². The first-order valence-electron chi connectivity index (χ1n) is 38.2. The molecule has 6 fully saturated rings. The molecule has 45 heteroatoms. The van der Waals surface area contributed by atoms with E-state index in [1.165, 1.54) is 67.8 Å². The topological polar surface area (TPSA) is 549 Å². The van der Waals surface area contributed by atoms with Crippen LogP contribution in [0, 0.1) is 58.8 Å². The van der Waals surface area contributed by atoms with E-state index in [0.717, 1.165) is 91.3 Å². The smallest absolute Gasteiger partial charge is 0.343 e. The van der Waals surface area contributed by atoms with Gasteiger partial charge in [-0.1, -0.05) is 64.2 Å². The first-order valence-corrected chi connectivity index (χ1v) is 51.5. The van der Waals surface area contributed by atoms with Gasteiger partial charge in [0, 0.05) is 17.9 Å². The second-order valence-corrected chi connectivity index (χ2v) is 43.1. The number of carbonyl (C=O) groups excluding carboxylic acids is 10. The summed E-state index contributed by atoms with van der Waals surface area (Å²) in [7, 11) is -22.4. The first kappa shape index (κ1) is 105. The monoisotopic (exact) mass is 2400 g/mol. The minimum atomic E-state index is -4.49. The fraction of sp³-hybridized carbons (Fsp3) is 0.425. The van der Waals surface area contributed by atoms with Crippen molar-refractivity contribution in [3.8, 4) is 28.7 Å². The minimum absolute atomic E-state index is 0.0160. The molecule has 6 aliphatic carbocycles. The van der Waals surface area contributed by atoms with Crippen LogP contribution in [0.2, 0.25) is 0 Å². The van der Waals surface area contributed by atoms with Crippen molar-refractivity contribution in [2.24, 2.45) is 40.9 Å². The first-order chi connectivity index (χ1) is 58.5. The number of esters is 10. The maximum Gasteiger partial charge on any atom is 0.343 e. The van der Waals surface area contributed by atoms with Crippen LogP contribution in [0.4, 0.5) is 0 Å². The van der Waals surface area contributed by atoms with E-state index < -0.39 is 160 Å². The molecular weight excluding hydrogens is 2320 g/mol. The molecule has 125 heavy (non-hydrogen) atoms. The summed E-state index contributed by atoms with van der Waals surface area (Å²) in [5, 5.41) is 0. The Kier molecular flexibility index (Phi) is 41.1. The number of benzene rings is 6. The van der Waals surface area contributed by atoms with Gasteiger partial charge in [-0.05, 0) is 298 Å². The Morgan fingerprint density at radius 1 is 0.344 bits per heavy atom. The highest BCUT2D eigenvalue weighted by molar-refractivity contribution is 14.1. The van der Waals surface area contributed by atoms with Crippen LogP contribution in [0.5, 0.6) is 28.7 Å². The van der Waals surface area contributed by atoms with E-state index in [-0.39, 0.29) is 92.2 Å². The molecule has 0 atom stereocenters. The van der Waals surface area contributed by atoms with Crippen LogP contribution in [-0.2, 0) is 93.5 Å². The Balaban J connectivity index is 0.000000215. The maximum absolute atomic E-state index is 13.2. The summed E-state index contributed by atoms with van der Waals surface area (Å²) in [5.74, 6) is -9.22. The average molecular weight is 2400 g/mol. The second-order valence-electron chi connectivity index (χ2n) is 29.3. The van der Waals surface area contributed by atoms with Crippen LogP contribution in [0.1, 0.15) is 172 Å². The van der Waals surface area contributed by atoms with Gasteiger partial charge in [-0.2, -0.15) is 0 Å². The molecule has 0 amide bonds. The molecule has 0 N–H and O–H groups in total. The van der Waals surface area contributed by atoms with Crippen LogP contribution < -0.4 is 23.7 Å². The summed E-state index contributed by atoms with van der Waals surface area (Å²) in [6.07, 6.45) is 14.2. The molecule has 0 saturated heterocycles. The minimum Gasteiger partial charge on any atom is -0.748 e. The number of ether oxygens (including phenoxy) is 10. The maximum atomic E-state index is 13.2. The summed E-state index contributed by atoms with van der Waals surface area (Å²) in [5.41, 5.74) is -0.137. The normalized spacial score (nSPS) is 17.2. The Morgan fingerprint density at radius 3 is 0.872 bits per heavy atom. The predicted octanol–water partition coefficient (Wildman–Crippen LogP) is 11.4. The van der Waals surface area contributed by atoms with Crippen LogP contribution in [0.3, 0.4) is 0 Å². The molecule has 35 nitrogen and oxygen atoms in total. The molecule has 0 aromatic heterocycles. The third-order valence-electron chi connectivity index (χ3n) is 19.3. The van der Waals surface area contributed by atoms with Crippen molar-refractivity contribution in [1.29, 1.82) is 0 Å². The standard InChI is InChI=1S/C20H23IO7S.C16H19IO7S.C16H13IO7S.C15H17IO7S.C13H15IO7S/c21-15-1-2-16(18(22)27-3-4-29(24,25)26)17(8-15)28-19(23)20-9-12-5-13(10-20)7-14(6-12)11-20;2*17-12-6-7-13(16(19)23-8-9-25(20,21)22)14(10-12)24-15(18)11-4-2-1-3-5-11;16-11-5-6-12(15(18)22-7-8-24(19,20)21)13(9-11)23-14(17)10-3-1-2-4-10;1-8(2)12(15)21-11-7-9(14)3-4-10(11)13(16)20-5-6-22(17,18)19/h1-2,8,12-14H,3-7,9-11H2,(H,24,25,26);6-7,10-11H,1-5,8-9H2,(H,20,21,22);1-7,10H,8-9H2,(H,20,21,22);5-6,9-10H,1-4,7-8H2,(H,19,20,21);3-4,7-8H,5-6H2,1-2H3,(H,17,18,19)/p-5. The number of rotatable bonds is 30. The fourth-order valence-electron chi connectivity index (χ4n) is 13.7. The zero-order valence-electron chi connectivity index (χ0n) is 66.4. The average Bonchev–Trinajstić information content (AvgIpc) is 0.833. The van der Waals surface area contributed by atoms with Gasteiger partial charge in [0.05, 0.1) is 108 Å². The lowest BCUT2D eigenvalue weighted by Crippen LogP contribution is -2.51. The summed E-state index contributed by atoms with van der Waals surface area (Å²) in [6, 6.07) is 31.2. The van der Waals surface area contributed by atoms with Crippen molar-refractivity contribution in [3.05, 3.63) is 173 Å². The lowest BCUT2D eigenvalue weighted by molar-refractivity contribution is -0.161. The third kappa shape index (κ3) is 37.0. The molecule has 6 aromatic rings. The number of halogens is 5. The van der Waals surface area contributed by atoms with Crippen LogP contribution in [0.15, 0.2) is 121 Å². The third-order valence-corrected chi connectivity index (χ3v) is 26.0. The van der Waals surface area contributed by atoms with E-state index >= 15 is 0 Å². The van der Waals surface area contributed by atoms with Gasteiger partial charge < -0.3 is 70.1 Å². The van der Waals surface area contributed by atoms with Gasteiger partial charge >= 0.3 is 59.7 Å². The Bertz CT molecular complexity index is 5470. The Hall–Kier alpha value is -6.78. The highest BCUT2D eigenvalue weighted by atomic mass is 127. The molecule has 6 aliphatic rings. The van der Waals surface area contributed by atoms with Crippen molar-refractivity contribution in [1.82, 2.24) is 0 Å². The van der Waals surface area contributed by atoms with Gasteiger partial charge in [-0.3, -0.25) is 19.2 Å². The van der Waals surface area contributed by atoms with Crippen LogP contribution in [-0.4, -0.2) is 186 Å². The summed E-state index contributed by atoms with van der Waals surface area (Å²) < 4.78 is 213. The highest BCUT2D eigenvalue weighted by Gasteiger charge is 2.56. The molecule has 4 bridgehead atoms. The van der Waals surface area contributed by atoms with Crippen molar-refractivity contribution >= 4 is 223 Å². The lowest BCUT2D eigenvalue weighted by Gasteiger charge is -2.55. The van der Waals surface area contributed by atoms with Crippen LogP contribution in [0.25, 0.3) is 0 Å². The van der Waals surface area contributed by atoms with E-state index in [0.29, 0.717) is 26.9 Å². The molecule has 0 heterocycles. The molecule has 0 radical (unpaired) electrons. The van der Waals surface area contributed by atoms with E-state index in [2.05, 4.69) is 22.6 Å². The van der Waals surface area contributed by atoms with Gasteiger partial charge in [-0.15, -0.1) is 0 Å². The molecular formula is C80H82I5O35S5-5. The van der Waals surface area contributed by atoms with Crippen molar-refractivity contribution < 1.29 is 160 Å². The quantitative estimate of drug-likeness (QED) is 0.0133. The summed E-state index contributed by atoms with van der Waals surface area (Å²) in [4.78, 5) is 122. The number of hydrogen-bond acceptors (Lipinski definition) is 35. The lowest BCUT2D eigenvalue weighted by atomic mass is 9.49. The summed E-state index contributed by atoms with van der Waals surface area (Å²) >= 11 is 10.1. The zero-order valence-corrected chi connectivity index (χ0v) is 81.3. The van der Waals surface area contributed by atoms with Gasteiger partial charge in [0.25, 0.3) is 0 Å². The Labute approximate surface area is 789 Å². The number of carbonyl (C=O) groups is 10. The second kappa shape index (κ2) is 48.7. The fourth-order valence-corrected chi connectivity index (χ4v) is 17.5. The molecule has 6 aromatic carbocycles. The zero-order chi connectivity index (χ0) is 92.4. The Morgan fingerprint density at radius 2 is 0.600 bits per heavy atom. The largest absolute Gasteiger partial charge is 0.748 e. The SMILES string of the molecule is CC(C)C(=O)Oc1cc(I)ccc1C(=O)OCCS(=O)(=O)[O-].O=C(OCCS(=O)(=O)[O-])c1ccc(I)cc1OC(=O)C12CC3CC(CC(C3)C1)C2.O=C(OCCS(=O)(=O)[O-])c1ccc(I)cc1OC(=O)C1CCCC1.O=C(OCCS(=O)(=O)[O-])c1ccc(I)cc1OC(=O)C1CCCCC1.O=C(Oc1cc(I)ccc1C(=O)OCCS(=O)(=O)[O-])c1ccccc1. The highest BCUT2D eigenvalue weighted by Crippen LogP contribution is 2.60. The van der Waals surface area contributed by atoms with Gasteiger partial charge in [0.1, 0.15) is 89.6 Å². The molecule has 0 aliphatic heterocycles. The molecule has 0 unspecified atom stereocenters. The molecule has 6 saturated carbocycles. The van der Waals surface area contributed by atoms with Gasteiger partial charge in [-0.25, -0.2) is 70.9 Å². The van der Waals surface area contributed by atoms with Crippen molar-refractivity contribution in [2.75, 3.05) is 61.8 Å². The van der Waals surface area contributed by atoms with Gasteiger partial charge in [0.15, 0.2) is 0 Å². The number of hydrogen-bond donors (Lipinski definition) is 0. The molecule has 0 spiro atoms. The van der Waals surface area contributed by atoms with Crippen LogP contribution >= 0.6 is 113 Å². The van der Waals surface area contributed by atoms with E-state index in [4.69, 9.17) is 47.4 Å². The van der Waals surface area contributed by atoms with E-state index in [1.54, 1.807) is 86.6 Å².